The molecular weight excluding hydrogens is 595 g/mol. The minimum atomic E-state index is 0.231. The van der Waals surface area contributed by atoms with Gasteiger partial charge >= 0.3 is 0 Å². The van der Waals surface area contributed by atoms with Crippen molar-refractivity contribution in [2.75, 3.05) is 0 Å². The second-order valence-electron chi connectivity index (χ2n) is 12.4. The first-order valence-electron chi connectivity index (χ1n) is 16.6. The number of aromatic nitrogens is 3. The SMILES string of the molecule is c1ccc(-c2nc(-c3ccccc3)nc(-c3cccc(-c4ccc(-c5ccc6c(c5)C(c5ccccc5)c5ccccc5-6)cc4)c3)n2)cc1. The zero-order chi connectivity index (χ0) is 32.6. The third-order valence-corrected chi connectivity index (χ3v) is 9.43. The fourth-order valence-electron chi connectivity index (χ4n) is 7.02. The summed E-state index contributed by atoms with van der Waals surface area (Å²) in [6, 6.07) is 64.1. The summed E-state index contributed by atoms with van der Waals surface area (Å²) in [4.78, 5) is 14.7. The molecule has 1 aliphatic carbocycles. The van der Waals surface area contributed by atoms with Crippen LogP contribution in [0.2, 0.25) is 0 Å². The maximum Gasteiger partial charge on any atom is 0.164 e. The zero-order valence-corrected chi connectivity index (χ0v) is 26.7. The number of nitrogens with zero attached hydrogens (tertiary/aromatic N) is 3. The molecule has 0 saturated carbocycles. The van der Waals surface area contributed by atoms with Crippen LogP contribution in [0.15, 0.2) is 182 Å². The Labute approximate surface area is 286 Å². The fourth-order valence-corrected chi connectivity index (χ4v) is 7.02. The molecule has 0 amide bonds. The van der Waals surface area contributed by atoms with Gasteiger partial charge in [-0.3, -0.25) is 0 Å². The van der Waals surface area contributed by atoms with Crippen molar-refractivity contribution in [3.8, 4) is 67.5 Å². The standard InChI is InChI=1S/C46H31N3/c1-4-13-33(14-5-1)43-41-22-11-10-21-39(41)40-28-27-37(30-42(40)43)32-25-23-31(24-26-32)36-19-12-20-38(29-36)46-48-44(34-15-6-2-7-16-34)47-45(49-46)35-17-8-3-9-18-35/h1-30,43H. The quantitative estimate of drug-likeness (QED) is 0.185. The molecule has 7 aromatic carbocycles. The van der Waals surface area contributed by atoms with Gasteiger partial charge in [-0.1, -0.05) is 170 Å². The molecule has 0 radical (unpaired) electrons. The normalized spacial score (nSPS) is 13.1. The van der Waals surface area contributed by atoms with E-state index in [0.717, 1.165) is 27.8 Å². The lowest BCUT2D eigenvalue weighted by Gasteiger charge is -2.15. The lowest BCUT2D eigenvalue weighted by molar-refractivity contribution is 1.02. The summed E-state index contributed by atoms with van der Waals surface area (Å²) in [5.74, 6) is 2.20. The minimum absolute atomic E-state index is 0.231. The van der Waals surface area contributed by atoms with Crippen LogP contribution >= 0.6 is 0 Å². The molecule has 230 valence electrons. The summed E-state index contributed by atoms with van der Waals surface area (Å²) in [6.45, 7) is 0. The van der Waals surface area contributed by atoms with Crippen molar-refractivity contribution in [2.24, 2.45) is 0 Å². The topological polar surface area (TPSA) is 38.7 Å². The van der Waals surface area contributed by atoms with Crippen LogP contribution in [0.1, 0.15) is 22.6 Å². The van der Waals surface area contributed by atoms with E-state index in [9.17, 15) is 0 Å². The molecule has 0 bridgehead atoms. The highest BCUT2D eigenvalue weighted by Crippen LogP contribution is 2.49. The lowest BCUT2D eigenvalue weighted by Crippen LogP contribution is -2.00. The number of benzene rings is 7. The average Bonchev–Trinajstić information content (AvgIpc) is 3.52. The van der Waals surface area contributed by atoms with Gasteiger partial charge in [0.2, 0.25) is 0 Å². The predicted molar refractivity (Wildman–Crippen MR) is 200 cm³/mol. The van der Waals surface area contributed by atoms with E-state index in [1.165, 1.54) is 38.9 Å². The van der Waals surface area contributed by atoms with Gasteiger partial charge in [0.05, 0.1) is 0 Å². The highest BCUT2D eigenvalue weighted by Gasteiger charge is 2.29. The number of fused-ring (bicyclic) bond motifs is 3. The van der Waals surface area contributed by atoms with Gasteiger partial charge in [-0.2, -0.15) is 0 Å². The first-order chi connectivity index (χ1) is 24.3. The van der Waals surface area contributed by atoms with Crippen LogP contribution in [0.5, 0.6) is 0 Å². The molecule has 0 N–H and O–H groups in total. The van der Waals surface area contributed by atoms with Crippen molar-refractivity contribution in [1.82, 2.24) is 15.0 Å². The Bertz CT molecular complexity index is 2360. The van der Waals surface area contributed by atoms with Crippen molar-refractivity contribution < 1.29 is 0 Å². The van der Waals surface area contributed by atoms with E-state index in [1.54, 1.807) is 0 Å². The molecule has 49 heavy (non-hydrogen) atoms. The largest absolute Gasteiger partial charge is 0.208 e. The van der Waals surface area contributed by atoms with Crippen molar-refractivity contribution in [2.45, 2.75) is 5.92 Å². The Hall–Kier alpha value is -6.45. The second-order valence-corrected chi connectivity index (χ2v) is 12.4. The van der Waals surface area contributed by atoms with Gasteiger partial charge in [0.25, 0.3) is 0 Å². The molecule has 0 aliphatic heterocycles. The van der Waals surface area contributed by atoms with E-state index >= 15 is 0 Å². The first-order valence-corrected chi connectivity index (χ1v) is 16.6. The van der Waals surface area contributed by atoms with E-state index in [4.69, 9.17) is 15.0 Å². The molecular formula is C46H31N3. The Morgan fingerprint density at radius 2 is 0.735 bits per heavy atom. The molecule has 1 aliphatic rings. The summed E-state index contributed by atoms with van der Waals surface area (Å²) in [7, 11) is 0. The van der Waals surface area contributed by atoms with E-state index in [0.29, 0.717) is 17.5 Å². The maximum atomic E-state index is 4.94. The average molecular weight is 626 g/mol. The molecule has 1 unspecified atom stereocenters. The van der Waals surface area contributed by atoms with Crippen LogP contribution in [0.3, 0.4) is 0 Å². The highest BCUT2D eigenvalue weighted by atomic mass is 15.0. The summed E-state index contributed by atoms with van der Waals surface area (Å²) < 4.78 is 0. The van der Waals surface area contributed by atoms with Gasteiger partial charge in [0.15, 0.2) is 17.5 Å². The summed E-state index contributed by atoms with van der Waals surface area (Å²) in [6.07, 6.45) is 0. The number of hydrogen-bond donors (Lipinski definition) is 0. The van der Waals surface area contributed by atoms with Crippen molar-refractivity contribution in [3.63, 3.8) is 0 Å². The molecule has 0 fully saturated rings. The van der Waals surface area contributed by atoms with Crippen molar-refractivity contribution >= 4 is 0 Å². The van der Waals surface area contributed by atoms with Crippen LogP contribution in [-0.4, -0.2) is 15.0 Å². The Balaban J connectivity index is 1.06. The molecule has 1 atom stereocenters. The zero-order valence-electron chi connectivity index (χ0n) is 26.7. The van der Waals surface area contributed by atoms with E-state index in [-0.39, 0.29) is 5.92 Å². The Morgan fingerprint density at radius 1 is 0.286 bits per heavy atom. The van der Waals surface area contributed by atoms with Crippen LogP contribution in [-0.2, 0) is 0 Å². The van der Waals surface area contributed by atoms with Gasteiger partial charge in [-0.05, 0) is 62.2 Å². The third kappa shape index (κ3) is 5.42. The fraction of sp³-hybridized carbons (Fsp3) is 0.0217. The number of hydrogen-bond acceptors (Lipinski definition) is 3. The summed E-state index contributed by atoms with van der Waals surface area (Å²) in [5, 5.41) is 0. The molecule has 8 aromatic rings. The third-order valence-electron chi connectivity index (χ3n) is 9.43. The smallest absolute Gasteiger partial charge is 0.164 e. The van der Waals surface area contributed by atoms with E-state index in [1.807, 2.05) is 60.7 Å². The van der Waals surface area contributed by atoms with Gasteiger partial charge in [-0.15, -0.1) is 0 Å². The molecule has 0 spiro atoms. The van der Waals surface area contributed by atoms with E-state index < -0.39 is 0 Å². The monoisotopic (exact) mass is 625 g/mol. The molecule has 1 aromatic heterocycles. The van der Waals surface area contributed by atoms with Gasteiger partial charge in [0.1, 0.15) is 0 Å². The van der Waals surface area contributed by atoms with Crippen molar-refractivity contribution in [1.29, 1.82) is 0 Å². The van der Waals surface area contributed by atoms with Crippen LogP contribution in [0, 0.1) is 0 Å². The molecule has 3 heteroatoms. The van der Waals surface area contributed by atoms with E-state index in [2.05, 4.69) is 121 Å². The Morgan fingerprint density at radius 3 is 1.37 bits per heavy atom. The molecule has 1 heterocycles. The molecule has 9 rings (SSSR count). The van der Waals surface area contributed by atoms with Crippen LogP contribution < -0.4 is 0 Å². The summed E-state index contributed by atoms with van der Waals surface area (Å²) in [5.41, 5.74) is 14.3. The van der Waals surface area contributed by atoms with Crippen LogP contribution in [0.25, 0.3) is 67.5 Å². The van der Waals surface area contributed by atoms with Gasteiger partial charge < -0.3 is 0 Å². The first kappa shape index (κ1) is 28.7. The predicted octanol–water partition coefficient (Wildman–Crippen LogP) is 11.4. The van der Waals surface area contributed by atoms with Crippen molar-refractivity contribution in [3.05, 3.63) is 199 Å². The Kier molecular flexibility index (Phi) is 7.21. The minimum Gasteiger partial charge on any atom is -0.208 e. The van der Waals surface area contributed by atoms with Gasteiger partial charge in [0, 0.05) is 22.6 Å². The molecule has 0 saturated heterocycles. The lowest BCUT2D eigenvalue weighted by atomic mass is 9.88. The number of rotatable bonds is 6. The van der Waals surface area contributed by atoms with Crippen LogP contribution in [0.4, 0.5) is 0 Å². The maximum absolute atomic E-state index is 4.94. The molecule has 3 nitrogen and oxygen atoms in total. The summed E-state index contributed by atoms with van der Waals surface area (Å²) >= 11 is 0. The highest BCUT2D eigenvalue weighted by molar-refractivity contribution is 5.84. The second kappa shape index (κ2) is 12.3. The van der Waals surface area contributed by atoms with Gasteiger partial charge in [-0.25, -0.2) is 15.0 Å².